The van der Waals surface area contributed by atoms with Gasteiger partial charge in [0.25, 0.3) is 15.9 Å². The van der Waals surface area contributed by atoms with Gasteiger partial charge in [-0.1, -0.05) is 34.8 Å². The number of sulfonamides is 1. The van der Waals surface area contributed by atoms with Gasteiger partial charge >= 0.3 is 5.97 Å². The van der Waals surface area contributed by atoms with Crippen LogP contribution in [0.15, 0.2) is 29.2 Å². The van der Waals surface area contributed by atoms with Gasteiger partial charge in [0.15, 0.2) is 6.61 Å². The molecule has 0 aliphatic carbocycles. The number of benzene rings is 2. The van der Waals surface area contributed by atoms with Crippen molar-refractivity contribution < 1.29 is 32.2 Å². The summed E-state index contributed by atoms with van der Waals surface area (Å²) < 4.78 is 44.0. The smallest absolute Gasteiger partial charge is 0.340 e. The van der Waals surface area contributed by atoms with Crippen molar-refractivity contribution in [3.63, 3.8) is 0 Å². The lowest BCUT2D eigenvalue weighted by Gasteiger charge is -2.26. The second-order valence-electron chi connectivity index (χ2n) is 7.57. The monoisotopic (exact) mass is 564 g/mol. The molecule has 13 heteroatoms. The van der Waals surface area contributed by atoms with E-state index in [9.17, 15) is 18.0 Å². The van der Waals surface area contributed by atoms with E-state index >= 15 is 0 Å². The average molecular weight is 566 g/mol. The van der Waals surface area contributed by atoms with Gasteiger partial charge in [0.2, 0.25) is 0 Å². The number of nitrogens with zero attached hydrogens (tertiary/aromatic N) is 1. The zero-order valence-corrected chi connectivity index (χ0v) is 22.0. The lowest BCUT2D eigenvalue weighted by molar-refractivity contribution is -0.135. The van der Waals surface area contributed by atoms with E-state index < -0.39 is 27.5 Å². The van der Waals surface area contributed by atoms with Crippen LogP contribution in [0.2, 0.25) is 15.1 Å². The van der Waals surface area contributed by atoms with Gasteiger partial charge in [0.05, 0.1) is 40.5 Å². The minimum absolute atomic E-state index is 0.0144. The van der Waals surface area contributed by atoms with Gasteiger partial charge in [0, 0.05) is 19.2 Å². The first-order valence-corrected chi connectivity index (χ1v) is 13.1. The van der Waals surface area contributed by atoms with Crippen molar-refractivity contribution >= 4 is 62.4 Å². The van der Waals surface area contributed by atoms with Crippen LogP contribution in [0.25, 0.3) is 0 Å². The van der Waals surface area contributed by atoms with E-state index in [-0.39, 0.29) is 43.7 Å². The number of rotatable bonds is 8. The second-order valence-corrected chi connectivity index (χ2v) is 10.4. The number of hydrogen-bond donors (Lipinski definition) is 1. The number of nitrogens with one attached hydrogen (secondary N) is 1. The Morgan fingerprint density at radius 2 is 1.57 bits per heavy atom. The van der Waals surface area contributed by atoms with E-state index in [2.05, 4.69) is 4.72 Å². The largest absolute Gasteiger partial charge is 0.495 e. The molecule has 190 valence electrons. The third kappa shape index (κ3) is 6.43. The highest BCUT2D eigenvalue weighted by Crippen LogP contribution is 2.38. The first-order valence-electron chi connectivity index (χ1n) is 10.5. The Morgan fingerprint density at radius 3 is 2.20 bits per heavy atom. The second kappa shape index (κ2) is 11.6. The zero-order valence-electron chi connectivity index (χ0n) is 18.9. The van der Waals surface area contributed by atoms with Gasteiger partial charge in [-0.2, -0.15) is 0 Å². The molecule has 0 atom stereocenters. The third-order valence-corrected chi connectivity index (χ3v) is 7.72. The SMILES string of the molecule is COc1cc(OC)c(NS(=O)(=O)c2cc(C(=O)OCC(=O)N3CCCCC3)c(Cl)cc2Cl)cc1Cl. The van der Waals surface area contributed by atoms with E-state index in [1.807, 2.05) is 0 Å². The highest BCUT2D eigenvalue weighted by molar-refractivity contribution is 7.92. The molecule has 1 saturated heterocycles. The molecule has 1 aliphatic heterocycles. The fourth-order valence-corrected chi connectivity index (χ4v) is 5.62. The number of anilines is 1. The summed E-state index contributed by atoms with van der Waals surface area (Å²) in [5.74, 6) is -0.879. The Labute approximate surface area is 218 Å². The molecule has 0 saturated carbocycles. The summed E-state index contributed by atoms with van der Waals surface area (Å²) in [5.41, 5.74) is -0.247. The van der Waals surface area contributed by atoms with Crippen LogP contribution in [0, 0.1) is 0 Å². The van der Waals surface area contributed by atoms with Gasteiger partial charge < -0.3 is 19.1 Å². The van der Waals surface area contributed by atoms with E-state index in [1.165, 1.54) is 26.4 Å². The molecule has 3 rings (SSSR count). The van der Waals surface area contributed by atoms with E-state index in [1.54, 1.807) is 4.90 Å². The quantitative estimate of drug-likeness (QED) is 0.464. The molecule has 1 aliphatic rings. The van der Waals surface area contributed by atoms with Crippen molar-refractivity contribution in [1.82, 2.24) is 4.90 Å². The number of piperidine rings is 1. The van der Waals surface area contributed by atoms with Gasteiger partial charge in [-0.3, -0.25) is 9.52 Å². The maximum Gasteiger partial charge on any atom is 0.340 e. The Morgan fingerprint density at radius 1 is 0.914 bits per heavy atom. The molecule has 1 N–H and O–H groups in total. The number of carbonyl (C=O) groups excluding carboxylic acids is 2. The number of halogens is 3. The number of methoxy groups -OCH3 is 2. The van der Waals surface area contributed by atoms with Crippen molar-refractivity contribution in [3.8, 4) is 11.5 Å². The zero-order chi connectivity index (χ0) is 25.8. The predicted octanol–water partition coefficient (Wildman–Crippen LogP) is 4.63. The fourth-order valence-electron chi connectivity index (χ4n) is 3.47. The summed E-state index contributed by atoms with van der Waals surface area (Å²) >= 11 is 18.4. The Hall–Kier alpha value is -2.40. The molecule has 0 radical (unpaired) electrons. The molecule has 9 nitrogen and oxygen atoms in total. The van der Waals surface area contributed by atoms with Crippen LogP contribution in [-0.4, -0.2) is 59.1 Å². The summed E-state index contributed by atoms with van der Waals surface area (Å²) in [4.78, 5) is 26.1. The molecule has 1 fully saturated rings. The molecular formula is C22H23Cl3N2O7S. The number of amides is 1. The Balaban J connectivity index is 1.84. The van der Waals surface area contributed by atoms with Crippen molar-refractivity contribution in [2.24, 2.45) is 0 Å². The van der Waals surface area contributed by atoms with Gasteiger partial charge in [-0.25, -0.2) is 13.2 Å². The number of ether oxygens (including phenoxy) is 3. The first kappa shape index (κ1) is 27.2. The Kier molecular flexibility index (Phi) is 8.98. The first-order chi connectivity index (χ1) is 16.6. The highest BCUT2D eigenvalue weighted by atomic mass is 35.5. The maximum atomic E-state index is 13.1. The molecule has 0 spiro atoms. The van der Waals surface area contributed by atoms with Crippen LogP contribution < -0.4 is 14.2 Å². The molecule has 0 unspecified atom stereocenters. The van der Waals surface area contributed by atoms with Crippen molar-refractivity contribution in [2.75, 3.05) is 38.6 Å². The lowest BCUT2D eigenvalue weighted by Crippen LogP contribution is -2.38. The molecule has 1 amide bonds. The molecule has 0 bridgehead atoms. The standard InChI is InChI=1S/C22H23Cl3N2O7S/c1-32-18-11-19(33-2)17(10-15(18)24)26-35(30,31)20-8-13(14(23)9-16(20)25)22(29)34-12-21(28)27-6-4-3-5-7-27/h8-11,26H,3-7,12H2,1-2H3. The van der Waals surface area contributed by atoms with Gasteiger partial charge in [0.1, 0.15) is 16.4 Å². The van der Waals surface area contributed by atoms with Crippen molar-refractivity contribution in [2.45, 2.75) is 24.2 Å². The molecule has 2 aromatic carbocycles. The number of esters is 1. The van der Waals surface area contributed by atoms with Crippen molar-refractivity contribution in [1.29, 1.82) is 0 Å². The number of hydrogen-bond acceptors (Lipinski definition) is 7. The summed E-state index contributed by atoms with van der Waals surface area (Å²) in [7, 11) is -1.59. The van der Waals surface area contributed by atoms with Crippen LogP contribution in [0.3, 0.4) is 0 Å². The summed E-state index contributed by atoms with van der Waals surface area (Å²) in [5, 5.41) is -0.229. The number of likely N-dealkylation sites (tertiary alicyclic amines) is 1. The van der Waals surface area contributed by atoms with Gasteiger partial charge in [-0.05, 0) is 37.5 Å². The molecule has 35 heavy (non-hydrogen) atoms. The topological polar surface area (TPSA) is 111 Å². The maximum absolute atomic E-state index is 13.1. The summed E-state index contributed by atoms with van der Waals surface area (Å²) in [6, 6.07) is 4.81. The third-order valence-electron chi connectivity index (χ3n) is 5.28. The van der Waals surface area contributed by atoms with E-state index in [4.69, 9.17) is 49.0 Å². The van der Waals surface area contributed by atoms with Gasteiger partial charge in [-0.15, -0.1) is 0 Å². The minimum atomic E-state index is -4.34. The lowest BCUT2D eigenvalue weighted by atomic mass is 10.1. The van der Waals surface area contributed by atoms with Crippen LogP contribution in [-0.2, 0) is 19.6 Å². The highest BCUT2D eigenvalue weighted by Gasteiger charge is 2.26. The average Bonchev–Trinajstić information content (AvgIpc) is 2.82. The predicted molar refractivity (Wildman–Crippen MR) is 133 cm³/mol. The van der Waals surface area contributed by atoms with Crippen LogP contribution in [0.1, 0.15) is 29.6 Å². The molecular weight excluding hydrogens is 543 g/mol. The fraction of sp³-hybridized carbons (Fsp3) is 0.364. The Bertz CT molecular complexity index is 1230. The van der Waals surface area contributed by atoms with Crippen molar-refractivity contribution in [3.05, 3.63) is 44.9 Å². The molecule has 0 aromatic heterocycles. The summed E-state index contributed by atoms with van der Waals surface area (Å²) in [6.45, 7) is 0.718. The normalized spacial score (nSPS) is 13.8. The van der Waals surface area contributed by atoms with Crippen LogP contribution in [0.4, 0.5) is 5.69 Å². The molecule has 2 aromatic rings. The minimum Gasteiger partial charge on any atom is -0.495 e. The molecule has 1 heterocycles. The number of carbonyl (C=O) groups is 2. The van der Waals surface area contributed by atoms with E-state index in [0.29, 0.717) is 13.1 Å². The van der Waals surface area contributed by atoms with Crippen LogP contribution >= 0.6 is 34.8 Å². The summed E-state index contributed by atoms with van der Waals surface area (Å²) in [6.07, 6.45) is 2.83. The van der Waals surface area contributed by atoms with Crippen LogP contribution in [0.5, 0.6) is 11.5 Å². The van der Waals surface area contributed by atoms with E-state index in [0.717, 1.165) is 31.4 Å².